The van der Waals surface area contributed by atoms with Crippen molar-refractivity contribution >= 4 is 55.0 Å². The van der Waals surface area contributed by atoms with Gasteiger partial charge in [0.05, 0.1) is 0 Å². The fourth-order valence-corrected chi connectivity index (χ4v) is 0. The summed E-state index contributed by atoms with van der Waals surface area (Å²) in [5.74, 6) is 0. The van der Waals surface area contributed by atoms with E-state index in [0.29, 0.717) is 0 Å². The van der Waals surface area contributed by atoms with Crippen molar-refractivity contribution in [2.75, 3.05) is 0 Å². The third-order valence-electron chi connectivity index (χ3n) is 0. The van der Waals surface area contributed by atoms with Gasteiger partial charge < -0.3 is 20.5 Å². The molecule has 0 aliphatic carbocycles. The summed E-state index contributed by atoms with van der Waals surface area (Å²) >= 11 is 0. The first-order valence-corrected chi connectivity index (χ1v) is 0.612. The Hall–Kier alpha value is 1.42. The zero-order valence-electron chi connectivity index (χ0n) is 3.55. The standard InChI is InChI=1S/CH2O3.Ba.O.Zn/c2-1(3)4;;;/h(H2,2,3,4);;;/q;+2;-2;+2/p-2. The Balaban J connectivity index is -0.0000000150. The van der Waals surface area contributed by atoms with Gasteiger partial charge in [0.2, 0.25) is 0 Å². The van der Waals surface area contributed by atoms with Crippen LogP contribution in [0.3, 0.4) is 0 Å². The third kappa shape index (κ3) is 108. The van der Waals surface area contributed by atoms with Crippen LogP contribution in [-0.2, 0) is 25.0 Å². The van der Waals surface area contributed by atoms with Gasteiger partial charge in [0, 0.05) is 0 Å². The SMILES string of the molecule is O=C([O-])[O-].[Ba+2].[O-2].[Zn+2]. The van der Waals surface area contributed by atoms with Crippen LogP contribution >= 0.6 is 0 Å². The molecule has 0 aromatic heterocycles. The molecule has 0 radical (unpaired) electrons. The summed E-state index contributed by atoms with van der Waals surface area (Å²) in [6.45, 7) is 0. The summed E-state index contributed by atoms with van der Waals surface area (Å²) in [6.07, 6.45) is -2.33. The predicted molar refractivity (Wildman–Crippen MR) is 11.8 cm³/mol. The van der Waals surface area contributed by atoms with E-state index < -0.39 is 6.16 Å². The van der Waals surface area contributed by atoms with Gasteiger partial charge >= 0.3 is 68.4 Å². The van der Waals surface area contributed by atoms with E-state index in [1.165, 1.54) is 0 Å². The van der Waals surface area contributed by atoms with E-state index in [-0.39, 0.29) is 73.8 Å². The van der Waals surface area contributed by atoms with Crippen LogP contribution in [0.1, 0.15) is 0 Å². The van der Waals surface area contributed by atoms with Crippen LogP contribution in [0.15, 0.2) is 0 Å². The van der Waals surface area contributed by atoms with Crippen LogP contribution in [-0.4, -0.2) is 55.0 Å². The van der Waals surface area contributed by atoms with E-state index in [0.717, 1.165) is 0 Å². The van der Waals surface area contributed by atoms with Gasteiger partial charge in [-0.1, -0.05) is 0 Å². The minimum Gasteiger partial charge on any atom is -2.00 e. The summed E-state index contributed by atoms with van der Waals surface area (Å²) in [6, 6.07) is 0. The zero-order chi connectivity index (χ0) is 3.58. The van der Waals surface area contributed by atoms with Crippen molar-refractivity contribution in [3.63, 3.8) is 0 Å². The zero-order valence-corrected chi connectivity index (χ0v) is 11.0. The second-order valence-electron chi connectivity index (χ2n) is 0.250. The van der Waals surface area contributed by atoms with Crippen LogP contribution in [0.4, 0.5) is 4.79 Å². The molecule has 6 heteroatoms. The number of carboxylic acid groups (broad SMARTS) is 2. The molecule has 7 heavy (non-hydrogen) atoms. The fraction of sp³-hybridized carbons (Fsp3) is 0. The molecular formula is CBaO4Zn. The molecule has 32 valence electrons. The molecule has 0 heterocycles. The van der Waals surface area contributed by atoms with Gasteiger partial charge in [-0.2, -0.15) is 0 Å². The molecule has 0 aromatic rings. The molecule has 0 aliphatic rings. The molecule has 0 atom stereocenters. The van der Waals surface area contributed by atoms with Gasteiger partial charge in [0.25, 0.3) is 0 Å². The quantitative estimate of drug-likeness (QED) is 0.444. The van der Waals surface area contributed by atoms with Crippen molar-refractivity contribution in [2.45, 2.75) is 0 Å². The van der Waals surface area contributed by atoms with Crippen LogP contribution in [0, 0.1) is 0 Å². The van der Waals surface area contributed by atoms with E-state index in [9.17, 15) is 0 Å². The van der Waals surface area contributed by atoms with Crippen molar-refractivity contribution in [3.8, 4) is 0 Å². The molecule has 0 spiro atoms. The fourth-order valence-electron chi connectivity index (χ4n) is 0. The van der Waals surface area contributed by atoms with E-state index >= 15 is 0 Å². The normalized spacial score (nSPS) is 3.43. The summed E-state index contributed by atoms with van der Waals surface area (Å²) in [5.41, 5.74) is 0. The molecule has 0 rings (SSSR count). The van der Waals surface area contributed by atoms with Crippen molar-refractivity contribution in [2.24, 2.45) is 0 Å². The maximum absolute atomic E-state index is 8.33. The van der Waals surface area contributed by atoms with Crippen molar-refractivity contribution in [3.05, 3.63) is 0 Å². The van der Waals surface area contributed by atoms with Gasteiger partial charge in [0.15, 0.2) is 0 Å². The molecule has 0 aromatic carbocycles. The summed E-state index contributed by atoms with van der Waals surface area (Å²) < 4.78 is 0. The minimum absolute atomic E-state index is 0. The largest absolute Gasteiger partial charge is 2.00 e. The average Bonchev–Trinajstić information content (AvgIpc) is 0.811. The first-order valence-electron chi connectivity index (χ1n) is 0.612. The minimum atomic E-state index is -2.33. The molecular weight excluding hydrogens is 279 g/mol. The molecule has 0 fully saturated rings. The summed E-state index contributed by atoms with van der Waals surface area (Å²) in [7, 11) is 0. The molecule has 0 bridgehead atoms. The van der Waals surface area contributed by atoms with Gasteiger partial charge in [-0.25, -0.2) is 0 Å². The maximum Gasteiger partial charge on any atom is 2.00 e. The topological polar surface area (TPSA) is 91.7 Å². The second-order valence-corrected chi connectivity index (χ2v) is 0.250. The van der Waals surface area contributed by atoms with Crippen LogP contribution in [0.25, 0.3) is 0 Å². The first kappa shape index (κ1) is 23.7. The maximum atomic E-state index is 8.33. The molecule has 0 amide bonds. The third-order valence-corrected chi connectivity index (χ3v) is 0. The molecule has 0 saturated carbocycles. The molecule has 0 aliphatic heterocycles. The Morgan fingerprint density at radius 1 is 1.29 bits per heavy atom. The van der Waals surface area contributed by atoms with Crippen LogP contribution in [0.5, 0.6) is 0 Å². The van der Waals surface area contributed by atoms with Crippen molar-refractivity contribution in [1.29, 1.82) is 0 Å². The first-order chi connectivity index (χ1) is 1.73. The van der Waals surface area contributed by atoms with E-state index in [4.69, 9.17) is 15.0 Å². The van der Waals surface area contributed by atoms with Gasteiger partial charge in [-0.15, -0.1) is 0 Å². The van der Waals surface area contributed by atoms with Gasteiger partial charge in [0.1, 0.15) is 0 Å². The summed E-state index contributed by atoms with van der Waals surface area (Å²) in [4.78, 5) is 8.33. The van der Waals surface area contributed by atoms with Crippen LogP contribution in [0.2, 0.25) is 0 Å². The molecule has 0 saturated heterocycles. The molecule has 0 N–H and O–H groups in total. The van der Waals surface area contributed by atoms with Crippen molar-refractivity contribution < 1.29 is 40.0 Å². The summed E-state index contributed by atoms with van der Waals surface area (Å²) in [5, 5.41) is 16.7. The van der Waals surface area contributed by atoms with Gasteiger partial charge in [-0.3, -0.25) is 0 Å². The number of carbonyl (C=O) groups excluding carboxylic acids is 1. The number of hydrogen-bond acceptors (Lipinski definition) is 3. The van der Waals surface area contributed by atoms with Gasteiger partial charge in [-0.05, 0) is 6.16 Å². The Morgan fingerprint density at radius 3 is 1.29 bits per heavy atom. The number of carbonyl (C=O) groups is 1. The Kier molecular flexibility index (Phi) is 53.0. The predicted octanol–water partition coefficient (Wildman–Crippen LogP) is -2.95. The van der Waals surface area contributed by atoms with E-state index in [1.807, 2.05) is 0 Å². The van der Waals surface area contributed by atoms with E-state index in [2.05, 4.69) is 0 Å². The number of hydrogen-bond donors (Lipinski definition) is 0. The monoisotopic (exact) mass is 278 g/mol. The Bertz CT molecular complexity index is 34.7. The average molecular weight is 279 g/mol. The molecule has 0 unspecified atom stereocenters. The smallest absolute Gasteiger partial charge is 2.00 e. The van der Waals surface area contributed by atoms with Crippen molar-refractivity contribution in [1.82, 2.24) is 0 Å². The molecule has 4 nitrogen and oxygen atoms in total. The Labute approximate surface area is 93.4 Å². The second kappa shape index (κ2) is 15.7. The number of rotatable bonds is 0. The Morgan fingerprint density at radius 2 is 1.29 bits per heavy atom. The van der Waals surface area contributed by atoms with Crippen LogP contribution < -0.4 is 10.2 Å². The van der Waals surface area contributed by atoms with E-state index in [1.54, 1.807) is 0 Å².